The summed E-state index contributed by atoms with van der Waals surface area (Å²) in [6, 6.07) is 12.1. The first-order chi connectivity index (χ1) is 13.6. The Hall–Kier alpha value is -2.60. The van der Waals surface area contributed by atoms with Crippen LogP contribution in [0.1, 0.15) is 33.3 Å². The number of hydrogen-bond acceptors (Lipinski definition) is 3. The fourth-order valence-electron chi connectivity index (χ4n) is 2.63. The Labute approximate surface area is 175 Å². The van der Waals surface area contributed by atoms with Gasteiger partial charge in [0.2, 0.25) is 5.91 Å². The molecule has 156 valence electrons. The van der Waals surface area contributed by atoms with E-state index in [0.29, 0.717) is 5.02 Å². The highest BCUT2D eigenvalue weighted by atomic mass is 35.5. The first-order valence-electron chi connectivity index (χ1n) is 9.30. The van der Waals surface area contributed by atoms with E-state index in [4.69, 9.17) is 16.3 Å². The Balaban J connectivity index is 2.18. The Morgan fingerprint density at radius 1 is 1.14 bits per heavy atom. The van der Waals surface area contributed by atoms with Crippen LogP contribution in [0.15, 0.2) is 48.5 Å². The monoisotopic (exact) mass is 420 g/mol. The van der Waals surface area contributed by atoms with Crippen LogP contribution < -0.4 is 10.1 Å². The summed E-state index contributed by atoms with van der Waals surface area (Å²) >= 11 is 5.93. The van der Waals surface area contributed by atoms with E-state index in [2.05, 4.69) is 5.32 Å². The van der Waals surface area contributed by atoms with Gasteiger partial charge in [0.15, 0.2) is 18.2 Å². The van der Waals surface area contributed by atoms with Gasteiger partial charge < -0.3 is 15.0 Å². The molecule has 5 nitrogen and oxygen atoms in total. The Morgan fingerprint density at radius 2 is 1.76 bits per heavy atom. The van der Waals surface area contributed by atoms with Crippen molar-refractivity contribution in [3.63, 3.8) is 0 Å². The van der Waals surface area contributed by atoms with Crippen LogP contribution in [0.4, 0.5) is 4.39 Å². The number of amides is 2. The van der Waals surface area contributed by atoms with Gasteiger partial charge in [0.1, 0.15) is 6.04 Å². The average Bonchev–Trinajstić information content (AvgIpc) is 2.64. The van der Waals surface area contributed by atoms with E-state index in [1.54, 1.807) is 37.3 Å². The molecule has 2 aromatic rings. The molecule has 0 spiro atoms. The summed E-state index contributed by atoms with van der Waals surface area (Å²) in [5.41, 5.74) is 0.369. The molecule has 0 fully saturated rings. The normalized spacial score (nSPS) is 12.2. The highest BCUT2D eigenvalue weighted by Crippen LogP contribution is 2.17. The lowest BCUT2D eigenvalue weighted by Crippen LogP contribution is -2.53. The van der Waals surface area contributed by atoms with Crippen LogP contribution in [-0.4, -0.2) is 34.9 Å². The number of halogens is 2. The SMILES string of the molecule is C[C@@H](C(=O)NC(C)(C)C)N(Cc1ccc(Cl)cc1)C(=O)COc1ccccc1F. The summed E-state index contributed by atoms with van der Waals surface area (Å²) in [7, 11) is 0. The van der Waals surface area contributed by atoms with Gasteiger partial charge in [0.05, 0.1) is 0 Å². The van der Waals surface area contributed by atoms with Crippen LogP contribution in [0.5, 0.6) is 5.75 Å². The number of carbonyl (C=O) groups excluding carboxylic acids is 2. The summed E-state index contributed by atoms with van der Waals surface area (Å²) < 4.78 is 19.1. The number of ether oxygens (including phenoxy) is 1. The minimum Gasteiger partial charge on any atom is -0.481 e. The fourth-order valence-corrected chi connectivity index (χ4v) is 2.75. The summed E-state index contributed by atoms with van der Waals surface area (Å²) in [4.78, 5) is 26.9. The minimum atomic E-state index is -0.748. The zero-order chi connectivity index (χ0) is 21.6. The molecule has 7 heteroatoms. The maximum atomic E-state index is 13.8. The first-order valence-corrected chi connectivity index (χ1v) is 9.68. The third-order valence-electron chi connectivity index (χ3n) is 4.12. The number of rotatable bonds is 7. The average molecular weight is 421 g/mol. The lowest BCUT2D eigenvalue weighted by molar-refractivity contribution is -0.142. The highest BCUT2D eigenvalue weighted by Gasteiger charge is 2.28. The zero-order valence-electron chi connectivity index (χ0n) is 17.0. The number of benzene rings is 2. The van der Waals surface area contributed by atoms with Crippen molar-refractivity contribution in [2.24, 2.45) is 0 Å². The molecule has 0 aliphatic heterocycles. The molecule has 2 rings (SSSR count). The van der Waals surface area contributed by atoms with E-state index in [1.165, 1.54) is 23.1 Å². The smallest absolute Gasteiger partial charge is 0.261 e. The first kappa shape index (κ1) is 22.7. The third kappa shape index (κ3) is 7.06. The molecule has 0 saturated heterocycles. The summed E-state index contributed by atoms with van der Waals surface area (Å²) in [5.74, 6) is -1.28. The minimum absolute atomic E-state index is 0.0147. The van der Waals surface area contributed by atoms with E-state index in [-0.39, 0.29) is 24.8 Å². The van der Waals surface area contributed by atoms with Crippen molar-refractivity contribution in [1.82, 2.24) is 10.2 Å². The molecule has 0 aromatic heterocycles. The predicted molar refractivity (Wildman–Crippen MR) is 111 cm³/mol. The predicted octanol–water partition coefficient (Wildman–Crippen LogP) is 4.19. The van der Waals surface area contributed by atoms with Crippen LogP contribution in [-0.2, 0) is 16.1 Å². The van der Waals surface area contributed by atoms with Crippen LogP contribution >= 0.6 is 11.6 Å². The topological polar surface area (TPSA) is 58.6 Å². The van der Waals surface area contributed by atoms with Crippen molar-refractivity contribution in [2.45, 2.75) is 45.8 Å². The molecular weight excluding hydrogens is 395 g/mol. The molecule has 0 bridgehead atoms. The van der Waals surface area contributed by atoms with Gasteiger partial charge in [0.25, 0.3) is 5.91 Å². The fraction of sp³-hybridized carbons (Fsp3) is 0.364. The second kappa shape index (κ2) is 9.74. The summed E-state index contributed by atoms with van der Waals surface area (Å²) in [6.45, 7) is 7.05. The van der Waals surface area contributed by atoms with Gasteiger partial charge in [-0.2, -0.15) is 0 Å². The van der Waals surface area contributed by atoms with Crippen molar-refractivity contribution in [3.8, 4) is 5.75 Å². The number of hydrogen-bond donors (Lipinski definition) is 1. The number of carbonyl (C=O) groups is 2. The number of nitrogens with one attached hydrogen (secondary N) is 1. The van der Waals surface area contributed by atoms with Crippen LogP contribution in [0.2, 0.25) is 5.02 Å². The largest absolute Gasteiger partial charge is 0.481 e. The lowest BCUT2D eigenvalue weighted by atomic mass is 10.1. The van der Waals surface area contributed by atoms with Crippen LogP contribution in [0.3, 0.4) is 0 Å². The standard InChI is InChI=1S/C22H26ClFN2O3/c1-15(21(28)25-22(2,3)4)26(13-16-9-11-17(23)12-10-16)20(27)14-29-19-8-6-5-7-18(19)24/h5-12,15H,13-14H2,1-4H3,(H,25,28)/t15-/m0/s1. The van der Waals surface area contributed by atoms with E-state index in [1.807, 2.05) is 20.8 Å². The molecule has 0 saturated carbocycles. The van der Waals surface area contributed by atoms with Crippen LogP contribution in [0.25, 0.3) is 0 Å². The van der Waals surface area contributed by atoms with E-state index in [9.17, 15) is 14.0 Å². The molecular formula is C22H26ClFN2O3. The molecule has 1 N–H and O–H groups in total. The van der Waals surface area contributed by atoms with Gasteiger partial charge in [-0.15, -0.1) is 0 Å². The number of para-hydroxylation sites is 1. The Kier molecular flexibility index (Phi) is 7.62. The van der Waals surface area contributed by atoms with Crippen molar-refractivity contribution in [1.29, 1.82) is 0 Å². The van der Waals surface area contributed by atoms with Gasteiger partial charge in [-0.05, 0) is 57.5 Å². The van der Waals surface area contributed by atoms with Crippen molar-refractivity contribution in [2.75, 3.05) is 6.61 Å². The van der Waals surface area contributed by atoms with Gasteiger partial charge in [-0.1, -0.05) is 35.9 Å². The quantitative estimate of drug-likeness (QED) is 0.730. The Morgan fingerprint density at radius 3 is 2.34 bits per heavy atom. The molecule has 0 aliphatic carbocycles. The molecule has 2 amide bonds. The van der Waals surface area contributed by atoms with E-state index < -0.39 is 23.3 Å². The van der Waals surface area contributed by atoms with Gasteiger partial charge in [0, 0.05) is 17.1 Å². The Bertz CT molecular complexity index is 850. The maximum Gasteiger partial charge on any atom is 0.261 e. The lowest BCUT2D eigenvalue weighted by Gasteiger charge is -2.31. The summed E-state index contributed by atoms with van der Waals surface area (Å²) in [6.07, 6.45) is 0. The van der Waals surface area contributed by atoms with Crippen molar-refractivity contribution < 1.29 is 18.7 Å². The van der Waals surface area contributed by atoms with E-state index in [0.717, 1.165) is 5.56 Å². The molecule has 0 unspecified atom stereocenters. The molecule has 1 atom stereocenters. The van der Waals surface area contributed by atoms with E-state index >= 15 is 0 Å². The second-order valence-corrected chi connectivity index (χ2v) is 8.22. The number of nitrogens with zero attached hydrogens (tertiary/aromatic N) is 1. The molecule has 29 heavy (non-hydrogen) atoms. The second-order valence-electron chi connectivity index (χ2n) is 7.78. The molecule has 2 aromatic carbocycles. The maximum absolute atomic E-state index is 13.8. The molecule has 0 radical (unpaired) electrons. The molecule has 0 aliphatic rings. The zero-order valence-corrected chi connectivity index (χ0v) is 17.8. The third-order valence-corrected chi connectivity index (χ3v) is 4.37. The highest BCUT2D eigenvalue weighted by molar-refractivity contribution is 6.30. The summed E-state index contributed by atoms with van der Waals surface area (Å²) in [5, 5.41) is 3.45. The van der Waals surface area contributed by atoms with Crippen molar-refractivity contribution in [3.05, 3.63) is 64.9 Å². The van der Waals surface area contributed by atoms with Gasteiger partial charge in [-0.25, -0.2) is 4.39 Å². The van der Waals surface area contributed by atoms with Crippen LogP contribution in [0, 0.1) is 5.82 Å². The molecule has 0 heterocycles. The van der Waals surface area contributed by atoms with Gasteiger partial charge in [-0.3, -0.25) is 9.59 Å². The van der Waals surface area contributed by atoms with Gasteiger partial charge >= 0.3 is 0 Å². The van der Waals surface area contributed by atoms with Crippen molar-refractivity contribution >= 4 is 23.4 Å².